The van der Waals surface area contributed by atoms with Gasteiger partial charge >= 0.3 is 0 Å². The summed E-state index contributed by atoms with van der Waals surface area (Å²) in [6.45, 7) is 0. The molecular formula is C11H6ClN5O2. The Hall–Kier alpha value is -2.54. The van der Waals surface area contributed by atoms with E-state index >= 15 is 0 Å². The molecule has 0 saturated carbocycles. The van der Waals surface area contributed by atoms with E-state index in [1.807, 2.05) is 0 Å². The van der Waals surface area contributed by atoms with Crippen molar-refractivity contribution in [3.8, 4) is 5.69 Å². The number of nitrogens with zero attached hydrogens (tertiary/aromatic N) is 5. The van der Waals surface area contributed by atoms with Crippen molar-refractivity contribution in [3.05, 3.63) is 52.2 Å². The van der Waals surface area contributed by atoms with Crippen molar-refractivity contribution in [2.45, 2.75) is 0 Å². The molecule has 7 nitrogen and oxygen atoms in total. The second kappa shape index (κ2) is 4.29. The zero-order valence-electron chi connectivity index (χ0n) is 9.39. The zero-order valence-corrected chi connectivity index (χ0v) is 10.2. The number of aromatic nitrogens is 4. The monoisotopic (exact) mass is 275 g/mol. The van der Waals surface area contributed by atoms with Crippen LogP contribution in [-0.4, -0.2) is 24.4 Å². The van der Waals surface area contributed by atoms with Crippen LogP contribution in [0.25, 0.3) is 16.9 Å². The van der Waals surface area contributed by atoms with Crippen LogP contribution in [0.4, 0.5) is 5.69 Å². The fourth-order valence-corrected chi connectivity index (χ4v) is 1.99. The molecule has 0 N–H and O–H groups in total. The molecule has 0 aliphatic heterocycles. The Bertz CT molecular complexity index is 786. The molecule has 2 aromatic heterocycles. The molecule has 94 valence electrons. The van der Waals surface area contributed by atoms with Crippen LogP contribution in [0.2, 0.25) is 5.15 Å². The predicted octanol–water partition coefficient (Wildman–Crippen LogP) is 2.38. The summed E-state index contributed by atoms with van der Waals surface area (Å²) in [6.07, 6.45) is 2.82. The van der Waals surface area contributed by atoms with E-state index < -0.39 is 4.92 Å². The van der Waals surface area contributed by atoms with Gasteiger partial charge in [0.15, 0.2) is 10.8 Å². The number of nitro groups is 1. The average molecular weight is 276 g/mol. The summed E-state index contributed by atoms with van der Waals surface area (Å²) in [5.41, 5.74) is 1.52. The molecule has 3 aromatic rings. The lowest BCUT2D eigenvalue weighted by Gasteiger charge is -2.04. The number of rotatable bonds is 2. The maximum Gasteiger partial charge on any atom is 0.271 e. The minimum Gasteiger partial charge on any atom is -0.294 e. The number of imidazole rings is 1. The Balaban J connectivity index is 2.25. The van der Waals surface area contributed by atoms with Gasteiger partial charge in [-0.15, -0.1) is 0 Å². The van der Waals surface area contributed by atoms with Crippen molar-refractivity contribution in [1.29, 1.82) is 0 Å². The van der Waals surface area contributed by atoms with Crippen molar-refractivity contribution in [2.24, 2.45) is 0 Å². The zero-order chi connectivity index (χ0) is 13.4. The number of hydrogen-bond acceptors (Lipinski definition) is 5. The largest absolute Gasteiger partial charge is 0.294 e. The van der Waals surface area contributed by atoms with E-state index in [-0.39, 0.29) is 10.8 Å². The minimum atomic E-state index is -0.458. The summed E-state index contributed by atoms with van der Waals surface area (Å²) < 4.78 is 1.62. The molecule has 0 atom stereocenters. The molecule has 2 heterocycles. The highest BCUT2D eigenvalue weighted by molar-refractivity contribution is 6.33. The molecule has 0 amide bonds. The van der Waals surface area contributed by atoms with E-state index in [1.165, 1.54) is 24.8 Å². The van der Waals surface area contributed by atoms with Crippen LogP contribution in [0.1, 0.15) is 0 Å². The highest BCUT2D eigenvalue weighted by atomic mass is 35.5. The summed E-state index contributed by atoms with van der Waals surface area (Å²) >= 11 is 6.01. The van der Waals surface area contributed by atoms with Crippen molar-refractivity contribution < 1.29 is 4.92 Å². The summed E-state index contributed by atoms with van der Waals surface area (Å²) in [5, 5.41) is 11.0. The number of fused-ring (bicyclic) bond motifs is 1. The van der Waals surface area contributed by atoms with Gasteiger partial charge in [-0.1, -0.05) is 17.7 Å². The van der Waals surface area contributed by atoms with Gasteiger partial charge in [-0.3, -0.25) is 14.7 Å². The molecule has 3 rings (SSSR count). The van der Waals surface area contributed by atoms with Crippen LogP contribution in [0.3, 0.4) is 0 Å². The number of hydrogen-bond donors (Lipinski definition) is 0. The Kier molecular flexibility index (Phi) is 2.60. The van der Waals surface area contributed by atoms with Crippen molar-refractivity contribution in [1.82, 2.24) is 19.5 Å². The van der Waals surface area contributed by atoms with Gasteiger partial charge in [-0.05, 0) is 6.07 Å². The smallest absolute Gasteiger partial charge is 0.271 e. The van der Waals surface area contributed by atoms with Gasteiger partial charge in [0, 0.05) is 12.1 Å². The molecule has 0 aliphatic rings. The fraction of sp³-hybridized carbons (Fsp3) is 0. The van der Waals surface area contributed by atoms with Gasteiger partial charge in [-0.25, -0.2) is 15.0 Å². The first-order chi connectivity index (χ1) is 9.16. The van der Waals surface area contributed by atoms with E-state index in [0.717, 1.165) is 0 Å². The van der Waals surface area contributed by atoms with Gasteiger partial charge in [0.2, 0.25) is 0 Å². The van der Waals surface area contributed by atoms with Crippen molar-refractivity contribution in [3.63, 3.8) is 0 Å². The van der Waals surface area contributed by atoms with Gasteiger partial charge < -0.3 is 0 Å². The molecule has 0 unspecified atom stereocenters. The second-order valence-corrected chi connectivity index (χ2v) is 4.09. The number of benzene rings is 1. The molecule has 19 heavy (non-hydrogen) atoms. The van der Waals surface area contributed by atoms with Crippen molar-refractivity contribution in [2.75, 3.05) is 0 Å². The van der Waals surface area contributed by atoms with Crippen LogP contribution >= 0.6 is 11.6 Å². The van der Waals surface area contributed by atoms with Crippen LogP contribution in [-0.2, 0) is 0 Å². The van der Waals surface area contributed by atoms with Crippen LogP contribution in [0, 0.1) is 10.1 Å². The third-order valence-corrected chi connectivity index (χ3v) is 2.89. The molecule has 0 saturated heterocycles. The normalized spacial score (nSPS) is 10.8. The maximum absolute atomic E-state index is 10.8. The lowest BCUT2D eigenvalue weighted by molar-refractivity contribution is -0.384. The van der Waals surface area contributed by atoms with E-state index in [0.29, 0.717) is 16.9 Å². The first-order valence-electron chi connectivity index (χ1n) is 5.25. The molecule has 1 aromatic carbocycles. The third-order valence-electron chi connectivity index (χ3n) is 2.61. The standard InChI is InChI=1S/C11H6ClN5O2/c12-10-9-11(14-5-13-10)15-6-16(9)7-2-1-3-8(4-7)17(18)19/h1-6H. The minimum absolute atomic E-state index is 0.00711. The first-order valence-corrected chi connectivity index (χ1v) is 5.63. The number of non-ortho nitro benzene ring substituents is 1. The third kappa shape index (κ3) is 1.89. The van der Waals surface area contributed by atoms with E-state index in [4.69, 9.17) is 11.6 Å². The van der Waals surface area contributed by atoms with E-state index in [1.54, 1.807) is 16.7 Å². The van der Waals surface area contributed by atoms with Crippen LogP contribution in [0.15, 0.2) is 36.9 Å². The van der Waals surface area contributed by atoms with E-state index in [2.05, 4.69) is 15.0 Å². The van der Waals surface area contributed by atoms with Crippen molar-refractivity contribution >= 4 is 28.5 Å². The highest BCUT2D eigenvalue weighted by Gasteiger charge is 2.12. The molecule has 8 heteroatoms. The summed E-state index contributed by atoms with van der Waals surface area (Å²) in [4.78, 5) is 22.3. The second-order valence-electron chi connectivity index (χ2n) is 3.73. The SMILES string of the molecule is O=[N+]([O-])c1cccc(-n2cnc3ncnc(Cl)c32)c1. The van der Waals surface area contributed by atoms with Gasteiger partial charge in [0.25, 0.3) is 5.69 Å². The van der Waals surface area contributed by atoms with Gasteiger partial charge in [-0.2, -0.15) is 0 Å². The molecule has 0 aliphatic carbocycles. The Labute approximate surface area is 111 Å². The Morgan fingerprint density at radius 3 is 2.89 bits per heavy atom. The summed E-state index contributed by atoms with van der Waals surface area (Å²) in [7, 11) is 0. The first kappa shape index (κ1) is 11.5. The van der Waals surface area contributed by atoms with E-state index in [9.17, 15) is 10.1 Å². The fourth-order valence-electron chi connectivity index (χ4n) is 1.77. The quantitative estimate of drug-likeness (QED) is 0.407. The molecular weight excluding hydrogens is 270 g/mol. The lowest BCUT2D eigenvalue weighted by Crippen LogP contribution is -1.96. The average Bonchev–Trinajstić information content (AvgIpc) is 2.84. The molecule has 0 spiro atoms. The highest BCUT2D eigenvalue weighted by Crippen LogP contribution is 2.24. The van der Waals surface area contributed by atoms with Gasteiger partial charge in [0.1, 0.15) is 18.2 Å². The Morgan fingerprint density at radius 1 is 1.26 bits per heavy atom. The summed E-state index contributed by atoms with van der Waals surface area (Å²) in [6, 6.07) is 6.17. The molecule has 0 radical (unpaired) electrons. The molecule has 0 fully saturated rings. The lowest BCUT2D eigenvalue weighted by atomic mass is 10.3. The predicted molar refractivity (Wildman–Crippen MR) is 68.3 cm³/mol. The number of nitro benzene ring substituents is 1. The van der Waals surface area contributed by atoms with Crippen LogP contribution < -0.4 is 0 Å². The topological polar surface area (TPSA) is 86.7 Å². The molecule has 0 bridgehead atoms. The Morgan fingerprint density at radius 2 is 2.11 bits per heavy atom. The number of halogens is 1. The maximum atomic E-state index is 10.8. The summed E-state index contributed by atoms with van der Waals surface area (Å²) in [5.74, 6) is 0. The van der Waals surface area contributed by atoms with Gasteiger partial charge in [0.05, 0.1) is 10.6 Å². The van der Waals surface area contributed by atoms with Crippen LogP contribution in [0.5, 0.6) is 0 Å².